The Morgan fingerprint density at radius 2 is 1.87 bits per heavy atom. The van der Waals surface area contributed by atoms with Gasteiger partial charge in [0.15, 0.2) is 0 Å². The monoisotopic (exact) mass is 323 g/mol. The molecule has 1 amide bonds. The lowest BCUT2D eigenvalue weighted by Crippen LogP contribution is -2.27. The molecule has 0 radical (unpaired) electrons. The number of benzene rings is 1. The van der Waals surface area contributed by atoms with E-state index in [9.17, 15) is 13.6 Å². The summed E-state index contributed by atoms with van der Waals surface area (Å²) in [5, 5.41) is 7.11. The fourth-order valence-electron chi connectivity index (χ4n) is 2.39. The molecule has 1 heterocycles. The summed E-state index contributed by atoms with van der Waals surface area (Å²) in [5.74, 6) is -0.130. The van der Waals surface area contributed by atoms with Crippen LogP contribution >= 0.6 is 0 Å². The predicted octanol–water partition coefficient (Wildman–Crippen LogP) is 3.13. The predicted molar refractivity (Wildman–Crippen MR) is 81.6 cm³/mol. The van der Waals surface area contributed by atoms with Crippen molar-refractivity contribution in [1.29, 1.82) is 0 Å². The van der Waals surface area contributed by atoms with Gasteiger partial charge in [0.1, 0.15) is 5.75 Å². The molecule has 1 atom stereocenters. The Morgan fingerprint density at radius 1 is 1.26 bits per heavy atom. The molecule has 0 bridgehead atoms. The van der Waals surface area contributed by atoms with Crippen molar-refractivity contribution in [3.8, 4) is 5.75 Å². The summed E-state index contributed by atoms with van der Waals surface area (Å²) in [4.78, 5) is 12.4. The molecule has 0 aliphatic heterocycles. The number of aryl methyl sites for hydroxylation is 2. The van der Waals surface area contributed by atoms with Gasteiger partial charge in [-0.25, -0.2) is 0 Å². The van der Waals surface area contributed by atoms with E-state index < -0.39 is 6.61 Å². The van der Waals surface area contributed by atoms with E-state index in [1.807, 2.05) is 13.8 Å². The minimum absolute atomic E-state index is 0.0845. The topological polar surface area (TPSA) is 56.2 Å². The molecule has 1 aromatic heterocycles. The number of hydrogen-bond donors (Lipinski definition) is 1. The van der Waals surface area contributed by atoms with Gasteiger partial charge in [-0.2, -0.15) is 13.9 Å². The van der Waals surface area contributed by atoms with Gasteiger partial charge < -0.3 is 10.1 Å². The lowest BCUT2D eigenvalue weighted by atomic mass is 10.1. The molecule has 2 rings (SSSR count). The Labute approximate surface area is 133 Å². The maximum atomic E-state index is 12.4. The molecular formula is C16H19F2N3O2. The van der Waals surface area contributed by atoms with E-state index in [2.05, 4.69) is 15.2 Å². The number of alkyl halides is 2. The quantitative estimate of drug-likeness (QED) is 0.920. The molecule has 1 N–H and O–H groups in total. The highest BCUT2D eigenvalue weighted by Gasteiger charge is 2.19. The van der Waals surface area contributed by atoms with Crippen molar-refractivity contribution in [1.82, 2.24) is 15.1 Å². The first-order valence-corrected chi connectivity index (χ1v) is 7.15. The van der Waals surface area contributed by atoms with Crippen LogP contribution in [0.5, 0.6) is 5.75 Å². The van der Waals surface area contributed by atoms with Crippen molar-refractivity contribution in [2.75, 3.05) is 0 Å². The van der Waals surface area contributed by atoms with E-state index in [0.29, 0.717) is 11.3 Å². The molecule has 1 aromatic carbocycles. The molecule has 5 nitrogen and oxygen atoms in total. The first-order chi connectivity index (χ1) is 10.8. The second kappa shape index (κ2) is 6.76. The molecule has 0 saturated heterocycles. The highest BCUT2D eigenvalue weighted by Crippen LogP contribution is 2.20. The molecule has 23 heavy (non-hydrogen) atoms. The number of halogens is 2. The first kappa shape index (κ1) is 16.9. The van der Waals surface area contributed by atoms with Gasteiger partial charge >= 0.3 is 6.61 Å². The van der Waals surface area contributed by atoms with Crippen molar-refractivity contribution in [2.45, 2.75) is 33.4 Å². The first-order valence-electron chi connectivity index (χ1n) is 7.15. The molecule has 0 aliphatic rings. The van der Waals surface area contributed by atoms with E-state index in [1.54, 1.807) is 30.8 Å². The molecule has 7 heteroatoms. The Bertz CT molecular complexity index is 696. The van der Waals surface area contributed by atoms with E-state index >= 15 is 0 Å². The molecule has 0 aliphatic carbocycles. The van der Waals surface area contributed by atoms with Crippen molar-refractivity contribution in [3.63, 3.8) is 0 Å². The Balaban J connectivity index is 2.09. The zero-order valence-corrected chi connectivity index (χ0v) is 13.4. The minimum atomic E-state index is -2.85. The average molecular weight is 323 g/mol. The third-order valence-electron chi connectivity index (χ3n) is 3.69. The molecule has 0 fully saturated rings. The van der Waals surface area contributed by atoms with E-state index in [4.69, 9.17) is 0 Å². The average Bonchev–Trinajstić information content (AvgIpc) is 2.72. The Kier molecular flexibility index (Phi) is 4.98. The normalized spacial score (nSPS) is 12.3. The molecular weight excluding hydrogens is 304 g/mol. The number of carbonyl (C=O) groups excluding carboxylic acids is 1. The number of aromatic nitrogens is 2. The number of carbonyl (C=O) groups is 1. The zero-order chi connectivity index (χ0) is 17.1. The lowest BCUT2D eigenvalue weighted by molar-refractivity contribution is -0.0498. The Hall–Kier alpha value is -2.44. The molecule has 1 unspecified atom stereocenters. The SMILES string of the molecule is Cc1nn(C)c(C)c1C(=O)NC(C)c1ccc(OC(F)F)cc1. The minimum Gasteiger partial charge on any atom is -0.435 e. The zero-order valence-electron chi connectivity index (χ0n) is 13.4. The summed E-state index contributed by atoms with van der Waals surface area (Å²) in [6, 6.07) is 5.91. The number of nitrogens with zero attached hydrogens (tertiary/aromatic N) is 2. The van der Waals surface area contributed by atoms with Crippen LogP contribution in [0.1, 0.15) is 40.3 Å². The fourth-order valence-corrected chi connectivity index (χ4v) is 2.39. The van der Waals surface area contributed by atoms with Gasteiger partial charge in [0.25, 0.3) is 5.91 Å². The lowest BCUT2D eigenvalue weighted by Gasteiger charge is -2.15. The van der Waals surface area contributed by atoms with Gasteiger partial charge in [-0.1, -0.05) is 12.1 Å². The van der Waals surface area contributed by atoms with Crippen molar-refractivity contribution >= 4 is 5.91 Å². The van der Waals surface area contributed by atoms with Gasteiger partial charge in [-0.3, -0.25) is 9.48 Å². The van der Waals surface area contributed by atoms with Crippen LogP contribution in [0.15, 0.2) is 24.3 Å². The van der Waals surface area contributed by atoms with Crippen LogP contribution < -0.4 is 10.1 Å². The second-order valence-electron chi connectivity index (χ2n) is 5.31. The van der Waals surface area contributed by atoms with Crippen molar-refractivity contribution < 1.29 is 18.3 Å². The maximum absolute atomic E-state index is 12.4. The van der Waals surface area contributed by atoms with E-state index in [-0.39, 0.29) is 17.7 Å². The summed E-state index contributed by atoms with van der Waals surface area (Å²) in [5.41, 5.74) is 2.79. The number of hydrogen-bond acceptors (Lipinski definition) is 3. The van der Waals surface area contributed by atoms with Crippen LogP contribution in [0.2, 0.25) is 0 Å². The smallest absolute Gasteiger partial charge is 0.387 e. The van der Waals surface area contributed by atoms with Gasteiger partial charge in [-0.05, 0) is 38.5 Å². The molecule has 0 spiro atoms. The van der Waals surface area contributed by atoms with Crippen LogP contribution in [0, 0.1) is 13.8 Å². The number of ether oxygens (including phenoxy) is 1. The van der Waals surface area contributed by atoms with Crippen LogP contribution in [0.4, 0.5) is 8.78 Å². The standard InChI is InChI=1S/C16H19F2N3O2/c1-9(12-5-7-13(8-6-12)23-16(17)18)19-15(22)14-10(2)20-21(4)11(14)3/h5-9,16H,1-4H3,(H,19,22). The van der Waals surface area contributed by atoms with Gasteiger partial charge in [0.05, 0.1) is 17.3 Å². The highest BCUT2D eigenvalue weighted by molar-refractivity contribution is 5.96. The fraction of sp³-hybridized carbons (Fsp3) is 0.375. The van der Waals surface area contributed by atoms with Gasteiger partial charge in [-0.15, -0.1) is 0 Å². The maximum Gasteiger partial charge on any atom is 0.387 e. The molecule has 2 aromatic rings. The summed E-state index contributed by atoms with van der Waals surface area (Å²) < 4.78 is 30.2. The third-order valence-corrected chi connectivity index (χ3v) is 3.69. The van der Waals surface area contributed by atoms with Crippen LogP contribution in [0.3, 0.4) is 0 Å². The Morgan fingerprint density at radius 3 is 2.35 bits per heavy atom. The summed E-state index contributed by atoms with van der Waals surface area (Å²) in [6.45, 7) is 2.58. The second-order valence-corrected chi connectivity index (χ2v) is 5.31. The van der Waals surface area contributed by atoms with Crippen LogP contribution in [0.25, 0.3) is 0 Å². The third kappa shape index (κ3) is 3.85. The molecule has 0 saturated carbocycles. The van der Waals surface area contributed by atoms with E-state index in [1.165, 1.54) is 12.1 Å². The molecule has 124 valence electrons. The van der Waals surface area contributed by atoms with Crippen LogP contribution in [-0.2, 0) is 7.05 Å². The van der Waals surface area contributed by atoms with Crippen molar-refractivity contribution in [2.24, 2.45) is 7.05 Å². The summed E-state index contributed by atoms with van der Waals surface area (Å²) >= 11 is 0. The number of nitrogens with one attached hydrogen (secondary N) is 1. The highest BCUT2D eigenvalue weighted by atomic mass is 19.3. The van der Waals surface area contributed by atoms with Gasteiger partial charge in [0, 0.05) is 12.7 Å². The van der Waals surface area contributed by atoms with Gasteiger partial charge in [0.2, 0.25) is 0 Å². The summed E-state index contributed by atoms with van der Waals surface area (Å²) in [6.07, 6.45) is 0. The summed E-state index contributed by atoms with van der Waals surface area (Å²) in [7, 11) is 1.78. The van der Waals surface area contributed by atoms with E-state index in [0.717, 1.165) is 11.3 Å². The largest absolute Gasteiger partial charge is 0.435 e. The number of rotatable bonds is 5. The number of amides is 1. The van der Waals surface area contributed by atoms with Crippen molar-refractivity contribution in [3.05, 3.63) is 46.8 Å². The van der Waals surface area contributed by atoms with Crippen LogP contribution in [-0.4, -0.2) is 22.3 Å².